The number of carbonyl (C=O) groups is 1. The highest BCUT2D eigenvalue weighted by atomic mass is 32.2. The van der Waals surface area contributed by atoms with Gasteiger partial charge in [-0.05, 0) is 13.3 Å². The first-order valence-electron chi connectivity index (χ1n) is 4.55. The van der Waals surface area contributed by atoms with Crippen LogP contribution in [0.4, 0.5) is 0 Å². The molecule has 0 heterocycles. The largest absolute Gasteiger partial charge is 0.480 e. The fourth-order valence-electron chi connectivity index (χ4n) is 0.898. The van der Waals surface area contributed by atoms with Gasteiger partial charge in [-0.1, -0.05) is 19.3 Å². The number of carboxylic acids is 1. The third-order valence-corrected chi connectivity index (χ3v) is 3.64. The Balaban J connectivity index is 4.64. The molecule has 0 bridgehead atoms. The van der Waals surface area contributed by atoms with Gasteiger partial charge in [0.15, 0.2) is 5.25 Å². The van der Waals surface area contributed by atoms with E-state index in [1.807, 2.05) is 6.92 Å². The van der Waals surface area contributed by atoms with Gasteiger partial charge in [0, 0.05) is 0 Å². The summed E-state index contributed by atoms with van der Waals surface area (Å²) in [7, 11) is -3.89. The van der Waals surface area contributed by atoms with E-state index in [2.05, 4.69) is 10.6 Å². The predicted molar refractivity (Wildman–Crippen MR) is 56.7 cm³/mol. The summed E-state index contributed by atoms with van der Waals surface area (Å²) in [5, 5.41) is 7.07. The van der Waals surface area contributed by atoms with Crippen LogP contribution in [-0.4, -0.2) is 30.8 Å². The minimum absolute atomic E-state index is 0.488. The zero-order valence-corrected chi connectivity index (χ0v) is 9.54. The second-order valence-corrected chi connectivity index (χ2v) is 5.18. The first-order chi connectivity index (χ1) is 6.85. The lowest BCUT2D eigenvalue weighted by molar-refractivity contribution is -0.136. The van der Waals surface area contributed by atoms with Gasteiger partial charge < -0.3 is 5.11 Å². The van der Waals surface area contributed by atoms with Crippen LogP contribution < -0.4 is 4.72 Å². The second kappa shape index (κ2) is 5.73. The average molecular weight is 233 g/mol. The molecule has 2 N–H and O–H groups in total. The van der Waals surface area contributed by atoms with E-state index < -0.39 is 27.3 Å². The fraction of sp³-hybridized carbons (Fsp3) is 0.667. The minimum atomic E-state index is -3.89. The number of terminal acetylenes is 1. The first kappa shape index (κ1) is 13.9. The third-order valence-electron chi connectivity index (χ3n) is 1.90. The highest BCUT2D eigenvalue weighted by Crippen LogP contribution is 2.03. The summed E-state index contributed by atoms with van der Waals surface area (Å²) in [5.74, 6) is 0.876. The van der Waals surface area contributed by atoms with Crippen LogP contribution in [0, 0.1) is 12.3 Å². The summed E-state index contributed by atoms with van der Waals surface area (Å²) in [6, 6.07) is -0.637. The van der Waals surface area contributed by atoms with Crippen LogP contribution >= 0.6 is 0 Å². The highest BCUT2D eigenvalue weighted by molar-refractivity contribution is 7.90. The molecule has 0 aromatic rings. The van der Waals surface area contributed by atoms with Gasteiger partial charge in [0.25, 0.3) is 0 Å². The van der Waals surface area contributed by atoms with E-state index in [0.717, 1.165) is 13.3 Å². The Labute approximate surface area is 89.9 Å². The molecule has 0 amide bonds. The van der Waals surface area contributed by atoms with Gasteiger partial charge in [-0.3, -0.25) is 4.79 Å². The summed E-state index contributed by atoms with van der Waals surface area (Å²) in [5.41, 5.74) is 0. The monoisotopic (exact) mass is 233 g/mol. The van der Waals surface area contributed by atoms with Gasteiger partial charge >= 0.3 is 5.97 Å². The average Bonchev–Trinajstić information content (AvgIpc) is 2.15. The summed E-state index contributed by atoms with van der Waals surface area (Å²) >= 11 is 0. The van der Waals surface area contributed by atoms with Crippen LogP contribution in [0.3, 0.4) is 0 Å². The number of nitrogens with one attached hydrogen (secondary N) is 1. The maximum atomic E-state index is 11.4. The minimum Gasteiger partial charge on any atom is -0.480 e. The molecule has 0 aliphatic rings. The van der Waals surface area contributed by atoms with Crippen molar-refractivity contribution in [1.29, 1.82) is 0 Å². The summed E-state index contributed by atoms with van der Waals surface area (Å²) in [6.07, 6.45) is 6.33. The van der Waals surface area contributed by atoms with E-state index in [-0.39, 0.29) is 0 Å². The molecular weight excluding hydrogens is 218 g/mol. The molecule has 0 saturated carbocycles. The number of aliphatic carboxylic acids is 1. The van der Waals surface area contributed by atoms with Gasteiger partial charge in [0.05, 0.1) is 6.04 Å². The normalized spacial score (nSPS) is 15.3. The molecule has 0 spiro atoms. The number of hydrogen-bond donors (Lipinski definition) is 2. The number of rotatable bonds is 6. The molecule has 0 aliphatic carbocycles. The second-order valence-electron chi connectivity index (χ2n) is 3.15. The smallest absolute Gasteiger partial charge is 0.323 e. The first-order valence-corrected chi connectivity index (χ1v) is 6.09. The van der Waals surface area contributed by atoms with Crippen molar-refractivity contribution in [1.82, 2.24) is 4.72 Å². The number of hydrogen-bond acceptors (Lipinski definition) is 3. The van der Waals surface area contributed by atoms with Crippen molar-refractivity contribution in [2.45, 2.75) is 38.0 Å². The molecule has 0 aromatic heterocycles. The molecule has 0 saturated heterocycles. The number of sulfonamides is 1. The number of carboxylic acid groups (broad SMARTS) is 1. The molecule has 0 fully saturated rings. The molecule has 86 valence electrons. The van der Waals surface area contributed by atoms with E-state index in [1.165, 1.54) is 0 Å². The molecule has 0 aliphatic heterocycles. The van der Waals surface area contributed by atoms with Crippen molar-refractivity contribution in [2.24, 2.45) is 0 Å². The quantitative estimate of drug-likeness (QED) is 0.641. The van der Waals surface area contributed by atoms with Crippen LogP contribution in [0.25, 0.3) is 0 Å². The van der Waals surface area contributed by atoms with Crippen molar-refractivity contribution in [3.63, 3.8) is 0 Å². The third kappa shape index (κ3) is 4.32. The summed E-state index contributed by atoms with van der Waals surface area (Å²) in [6.45, 7) is 2.96. The Morgan fingerprint density at radius 3 is 2.47 bits per heavy atom. The van der Waals surface area contributed by atoms with E-state index in [1.54, 1.807) is 0 Å². The van der Waals surface area contributed by atoms with Crippen molar-refractivity contribution in [3.8, 4) is 12.3 Å². The van der Waals surface area contributed by atoms with Gasteiger partial charge in [-0.2, -0.15) is 4.72 Å². The van der Waals surface area contributed by atoms with Gasteiger partial charge in [-0.25, -0.2) is 8.42 Å². The Bertz CT molecular complexity index is 355. The topological polar surface area (TPSA) is 83.5 Å². The maximum Gasteiger partial charge on any atom is 0.323 e. The van der Waals surface area contributed by atoms with Crippen molar-refractivity contribution >= 4 is 16.0 Å². The van der Waals surface area contributed by atoms with Crippen LogP contribution in [0.5, 0.6) is 0 Å². The van der Waals surface area contributed by atoms with E-state index in [0.29, 0.717) is 6.42 Å². The van der Waals surface area contributed by atoms with Crippen LogP contribution in [-0.2, 0) is 14.8 Å². The Morgan fingerprint density at radius 2 is 2.13 bits per heavy atom. The summed E-state index contributed by atoms with van der Waals surface area (Å²) in [4.78, 5) is 10.5. The SMILES string of the molecule is C#CC(CCC)NS(=O)(=O)C(C)C(=O)O. The molecule has 0 radical (unpaired) electrons. The lowest BCUT2D eigenvalue weighted by Gasteiger charge is -2.14. The maximum absolute atomic E-state index is 11.4. The fourth-order valence-corrected chi connectivity index (χ4v) is 1.95. The van der Waals surface area contributed by atoms with Gasteiger partial charge in [-0.15, -0.1) is 6.42 Å². The predicted octanol–water partition coefficient (Wildman–Crippen LogP) is 0.181. The van der Waals surface area contributed by atoms with E-state index >= 15 is 0 Å². The summed E-state index contributed by atoms with van der Waals surface area (Å²) < 4.78 is 25.0. The highest BCUT2D eigenvalue weighted by Gasteiger charge is 2.29. The Kier molecular flexibility index (Phi) is 5.33. The van der Waals surface area contributed by atoms with Gasteiger partial charge in [0.1, 0.15) is 0 Å². The molecule has 0 aromatic carbocycles. The zero-order valence-electron chi connectivity index (χ0n) is 8.73. The lowest BCUT2D eigenvalue weighted by atomic mass is 10.2. The standard InChI is InChI=1S/C9H15NO4S/c1-4-6-8(5-2)10-15(13,14)7(3)9(11)12/h2,7-8,10H,4,6H2,1,3H3,(H,11,12). The lowest BCUT2D eigenvalue weighted by Crippen LogP contribution is -2.42. The van der Waals surface area contributed by atoms with E-state index in [9.17, 15) is 13.2 Å². The molecule has 15 heavy (non-hydrogen) atoms. The Morgan fingerprint density at radius 1 is 1.60 bits per heavy atom. The van der Waals surface area contributed by atoms with Crippen molar-refractivity contribution in [2.75, 3.05) is 0 Å². The zero-order chi connectivity index (χ0) is 12.1. The molecular formula is C9H15NO4S. The van der Waals surface area contributed by atoms with E-state index in [4.69, 9.17) is 11.5 Å². The van der Waals surface area contributed by atoms with Crippen LogP contribution in [0.2, 0.25) is 0 Å². The Hall–Kier alpha value is -1.06. The van der Waals surface area contributed by atoms with Crippen molar-refractivity contribution < 1.29 is 18.3 Å². The molecule has 5 nitrogen and oxygen atoms in total. The molecule has 0 rings (SSSR count). The molecule has 6 heteroatoms. The van der Waals surface area contributed by atoms with Crippen LogP contribution in [0.15, 0.2) is 0 Å². The van der Waals surface area contributed by atoms with Crippen LogP contribution in [0.1, 0.15) is 26.7 Å². The molecule has 2 unspecified atom stereocenters. The molecule has 2 atom stereocenters. The van der Waals surface area contributed by atoms with Gasteiger partial charge in [0.2, 0.25) is 10.0 Å². The van der Waals surface area contributed by atoms with Crippen molar-refractivity contribution in [3.05, 3.63) is 0 Å².